The number of aliphatic hydroxyl groups excluding tert-OH is 1. The molecule has 0 spiro atoms. The van der Waals surface area contributed by atoms with Crippen molar-refractivity contribution in [3.8, 4) is 0 Å². The first-order valence-electron chi connectivity index (χ1n) is 4.76. The molecule has 0 aliphatic carbocycles. The van der Waals surface area contributed by atoms with E-state index in [-0.39, 0.29) is 6.61 Å². The number of hydrogen-bond donors (Lipinski definition) is 1. The molecule has 0 bridgehead atoms. The molecule has 2 nitrogen and oxygen atoms in total. The van der Waals surface area contributed by atoms with Gasteiger partial charge in [0.2, 0.25) is 0 Å². The third-order valence-corrected chi connectivity index (χ3v) is 2.51. The van der Waals surface area contributed by atoms with Gasteiger partial charge in [-0.1, -0.05) is 12.1 Å². The highest BCUT2D eigenvalue weighted by molar-refractivity contribution is 5.54. The topological polar surface area (TPSA) is 23.5 Å². The van der Waals surface area contributed by atoms with Gasteiger partial charge in [0, 0.05) is 18.8 Å². The van der Waals surface area contributed by atoms with Crippen LogP contribution in [-0.2, 0) is 6.42 Å². The van der Waals surface area contributed by atoms with Gasteiger partial charge in [0.05, 0.1) is 6.61 Å². The van der Waals surface area contributed by atoms with Gasteiger partial charge in [-0.05, 0) is 30.5 Å². The van der Waals surface area contributed by atoms with Gasteiger partial charge in [-0.2, -0.15) is 0 Å². The maximum absolute atomic E-state index is 8.89. The molecule has 1 heterocycles. The van der Waals surface area contributed by atoms with E-state index < -0.39 is 0 Å². The second-order valence-corrected chi connectivity index (χ2v) is 3.37. The predicted octanol–water partition coefficient (Wildman–Crippen LogP) is 1.23. The molecular weight excluding hydrogens is 162 g/mol. The predicted molar refractivity (Wildman–Crippen MR) is 52.9 cm³/mol. The molecule has 1 aromatic carbocycles. The average Bonchev–Trinajstić information content (AvgIpc) is 2.19. The maximum atomic E-state index is 8.89. The zero-order valence-electron chi connectivity index (χ0n) is 7.66. The Kier molecular flexibility index (Phi) is 2.50. The summed E-state index contributed by atoms with van der Waals surface area (Å²) in [5.41, 5.74) is 2.64. The molecule has 0 saturated heterocycles. The van der Waals surface area contributed by atoms with Gasteiger partial charge in [-0.25, -0.2) is 0 Å². The zero-order valence-corrected chi connectivity index (χ0v) is 7.66. The summed E-state index contributed by atoms with van der Waals surface area (Å²) >= 11 is 0. The van der Waals surface area contributed by atoms with Crippen LogP contribution in [-0.4, -0.2) is 24.8 Å². The van der Waals surface area contributed by atoms with Crippen molar-refractivity contribution >= 4 is 5.69 Å². The monoisotopic (exact) mass is 176 g/mol. The quantitative estimate of drug-likeness (QED) is 0.732. The van der Waals surface area contributed by atoms with Crippen LogP contribution in [0.2, 0.25) is 0 Å². The minimum absolute atomic E-state index is 0.230. The molecular formula is C11H14NO. The van der Waals surface area contributed by atoms with Crippen LogP contribution in [0.25, 0.3) is 0 Å². The third kappa shape index (κ3) is 1.68. The first-order valence-corrected chi connectivity index (χ1v) is 4.76. The van der Waals surface area contributed by atoms with Gasteiger partial charge in [0.15, 0.2) is 0 Å². The fraction of sp³-hybridized carbons (Fsp3) is 0.455. The molecule has 0 aromatic heterocycles. The van der Waals surface area contributed by atoms with Crippen molar-refractivity contribution in [2.24, 2.45) is 0 Å². The van der Waals surface area contributed by atoms with E-state index in [1.807, 2.05) is 12.1 Å². The molecule has 0 atom stereocenters. The van der Waals surface area contributed by atoms with E-state index in [2.05, 4.69) is 17.0 Å². The summed E-state index contributed by atoms with van der Waals surface area (Å²) in [6.45, 7) is 2.03. The van der Waals surface area contributed by atoms with Crippen molar-refractivity contribution in [3.05, 3.63) is 29.8 Å². The summed E-state index contributed by atoms with van der Waals surface area (Å²) in [7, 11) is 0. The molecule has 2 rings (SSSR count). The molecule has 0 unspecified atom stereocenters. The largest absolute Gasteiger partial charge is 0.395 e. The fourth-order valence-electron chi connectivity index (χ4n) is 1.89. The van der Waals surface area contributed by atoms with Gasteiger partial charge in [-0.3, -0.25) is 0 Å². The smallest absolute Gasteiger partial charge is 0.0606 e. The normalized spacial score (nSPS) is 15.6. The second-order valence-electron chi connectivity index (χ2n) is 3.37. The van der Waals surface area contributed by atoms with Crippen LogP contribution in [0.15, 0.2) is 18.2 Å². The summed E-state index contributed by atoms with van der Waals surface area (Å²) in [4.78, 5) is 2.23. The third-order valence-electron chi connectivity index (χ3n) is 2.51. The van der Waals surface area contributed by atoms with Crippen LogP contribution in [0.1, 0.15) is 12.0 Å². The van der Waals surface area contributed by atoms with E-state index >= 15 is 0 Å². The van der Waals surface area contributed by atoms with Crippen molar-refractivity contribution in [2.45, 2.75) is 12.8 Å². The number of anilines is 1. The van der Waals surface area contributed by atoms with Crippen LogP contribution in [0.3, 0.4) is 0 Å². The lowest BCUT2D eigenvalue weighted by Crippen LogP contribution is -2.31. The second kappa shape index (κ2) is 3.79. The van der Waals surface area contributed by atoms with Crippen LogP contribution < -0.4 is 4.90 Å². The number of rotatable bonds is 2. The van der Waals surface area contributed by atoms with Crippen LogP contribution in [0.5, 0.6) is 0 Å². The SMILES string of the molecule is OCCN1CCCc2cc[c]cc21. The van der Waals surface area contributed by atoms with E-state index in [1.165, 1.54) is 17.7 Å². The minimum atomic E-state index is 0.230. The number of β-amino-alcohol motifs (C(OH)–C–C–N with tert-alkyl or cyclic N) is 1. The van der Waals surface area contributed by atoms with E-state index in [4.69, 9.17) is 5.11 Å². The number of aliphatic hydroxyl groups is 1. The molecule has 1 aliphatic heterocycles. The van der Waals surface area contributed by atoms with Gasteiger partial charge >= 0.3 is 0 Å². The fourth-order valence-corrected chi connectivity index (χ4v) is 1.89. The Morgan fingerprint density at radius 2 is 2.46 bits per heavy atom. The molecule has 0 fully saturated rings. The molecule has 13 heavy (non-hydrogen) atoms. The van der Waals surface area contributed by atoms with Crippen molar-refractivity contribution in [1.29, 1.82) is 0 Å². The van der Waals surface area contributed by atoms with Gasteiger partial charge in [-0.15, -0.1) is 0 Å². The molecule has 1 N–H and O–H groups in total. The molecule has 0 saturated carbocycles. The summed E-state index contributed by atoms with van der Waals surface area (Å²) in [6.07, 6.45) is 2.35. The van der Waals surface area contributed by atoms with Crippen molar-refractivity contribution in [1.82, 2.24) is 0 Å². The number of aryl methyl sites for hydroxylation is 1. The molecule has 1 radical (unpaired) electrons. The van der Waals surface area contributed by atoms with E-state index in [0.717, 1.165) is 19.5 Å². The Balaban J connectivity index is 2.26. The Morgan fingerprint density at radius 3 is 3.31 bits per heavy atom. The van der Waals surface area contributed by atoms with Crippen LogP contribution >= 0.6 is 0 Å². The van der Waals surface area contributed by atoms with Gasteiger partial charge < -0.3 is 10.0 Å². The Hall–Kier alpha value is -1.02. The molecule has 69 valence electrons. The van der Waals surface area contributed by atoms with Crippen molar-refractivity contribution in [2.75, 3.05) is 24.6 Å². The summed E-state index contributed by atoms with van der Waals surface area (Å²) < 4.78 is 0. The first kappa shape index (κ1) is 8.57. The van der Waals surface area contributed by atoms with Gasteiger partial charge in [0.1, 0.15) is 0 Å². The number of hydrogen-bond acceptors (Lipinski definition) is 2. The van der Waals surface area contributed by atoms with E-state index in [0.29, 0.717) is 0 Å². The van der Waals surface area contributed by atoms with Crippen LogP contribution in [0, 0.1) is 6.07 Å². The highest BCUT2D eigenvalue weighted by Gasteiger charge is 2.14. The standard InChI is InChI=1S/C11H14NO/c13-9-8-12-7-3-5-10-4-1-2-6-11(10)12/h1,4,6,13H,3,5,7-9H2. The highest BCUT2D eigenvalue weighted by Crippen LogP contribution is 2.25. The number of fused-ring (bicyclic) bond motifs is 1. The van der Waals surface area contributed by atoms with E-state index in [1.54, 1.807) is 0 Å². The lowest BCUT2D eigenvalue weighted by molar-refractivity contribution is 0.301. The lowest BCUT2D eigenvalue weighted by atomic mass is 10.0. The Bertz CT molecular complexity index is 285. The van der Waals surface area contributed by atoms with Crippen molar-refractivity contribution < 1.29 is 5.11 Å². The Morgan fingerprint density at radius 1 is 1.54 bits per heavy atom. The Labute approximate surface area is 78.8 Å². The average molecular weight is 176 g/mol. The summed E-state index contributed by atoms with van der Waals surface area (Å²) in [5, 5.41) is 8.89. The summed E-state index contributed by atoms with van der Waals surface area (Å²) in [6, 6.07) is 9.19. The number of benzene rings is 1. The zero-order chi connectivity index (χ0) is 9.10. The highest BCUT2D eigenvalue weighted by atomic mass is 16.3. The number of nitrogens with zero attached hydrogens (tertiary/aromatic N) is 1. The first-order chi connectivity index (χ1) is 6.42. The maximum Gasteiger partial charge on any atom is 0.0606 e. The molecule has 0 amide bonds. The minimum Gasteiger partial charge on any atom is -0.395 e. The lowest BCUT2D eigenvalue weighted by Gasteiger charge is -2.30. The summed E-state index contributed by atoms with van der Waals surface area (Å²) in [5.74, 6) is 0. The van der Waals surface area contributed by atoms with Crippen LogP contribution in [0.4, 0.5) is 5.69 Å². The molecule has 2 heteroatoms. The molecule has 1 aromatic rings. The van der Waals surface area contributed by atoms with Crippen molar-refractivity contribution in [3.63, 3.8) is 0 Å². The van der Waals surface area contributed by atoms with E-state index in [9.17, 15) is 0 Å². The molecule has 1 aliphatic rings. The van der Waals surface area contributed by atoms with Gasteiger partial charge in [0.25, 0.3) is 0 Å².